The molecule has 0 saturated carbocycles. The van der Waals surface area contributed by atoms with Gasteiger partial charge in [0.05, 0.1) is 23.6 Å². The van der Waals surface area contributed by atoms with Gasteiger partial charge in [0, 0.05) is 17.1 Å². The number of thioether (sulfide) groups is 1. The van der Waals surface area contributed by atoms with Crippen LogP contribution < -0.4 is 10.1 Å². The number of hydrogen-bond acceptors (Lipinski definition) is 6. The Hall–Kier alpha value is -3.39. The molecule has 1 atom stereocenters. The highest BCUT2D eigenvalue weighted by Gasteiger charge is 2.26. The zero-order valence-corrected chi connectivity index (χ0v) is 18.3. The van der Waals surface area contributed by atoms with Crippen molar-refractivity contribution in [3.63, 3.8) is 0 Å². The van der Waals surface area contributed by atoms with Crippen LogP contribution in [0, 0.1) is 5.92 Å². The Balaban J connectivity index is 1.51. The SMILES string of the molecule is COc1ccc(-c2nc(SC(C(=O)Nc3cccc4ncccc34)C(C)C)n[nH]2)cc1. The maximum atomic E-state index is 13.1. The van der Waals surface area contributed by atoms with Crippen LogP contribution in [0.15, 0.2) is 66.0 Å². The monoisotopic (exact) mass is 433 g/mol. The molecule has 0 fully saturated rings. The van der Waals surface area contributed by atoms with E-state index in [1.807, 2.05) is 68.4 Å². The summed E-state index contributed by atoms with van der Waals surface area (Å²) in [7, 11) is 1.63. The number of anilines is 1. The third-order valence-corrected chi connectivity index (χ3v) is 6.23. The average molecular weight is 434 g/mol. The molecule has 2 N–H and O–H groups in total. The number of carbonyl (C=O) groups excluding carboxylic acids is 1. The molecule has 2 aromatic carbocycles. The molecule has 1 unspecified atom stereocenters. The summed E-state index contributed by atoms with van der Waals surface area (Å²) >= 11 is 1.35. The fourth-order valence-corrected chi connectivity index (χ4v) is 4.11. The smallest absolute Gasteiger partial charge is 0.238 e. The second kappa shape index (κ2) is 9.18. The first-order valence-corrected chi connectivity index (χ1v) is 10.8. The van der Waals surface area contributed by atoms with Crippen molar-refractivity contribution in [1.82, 2.24) is 20.2 Å². The number of ether oxygens (including phenoxy) is 1. The number of nitrogens with zero attached hydrogens (tertiary/aromatic N) is 3. The second-order valence-electron chi connectivity index (χ2n) is 7.34. The van der Waals surface area contributed by atoms with Gasteiger partial charge < -0.3 is 10.1 Å². The van der Waals surface area contributed by atoms with E-state index in [0.29, 0.717) is 11.0 Å². The van der Waals surface area contributed by atoms with Crippen LogP contribution >= 0.6 is 11.8 Å². The zero-order valence-electron chi connectivity index (χ0n) is 17.5. The van der Waals surface area contributed by atoms with Crippen molar-refractivity contribution >= 4 is 34.3 Å². The van der Waals surface area contributed by atoms with E-state index in [0.717, 1.165) is 27.9 Å². The molecule has 4 aromatic rings. The normalized spacial score (nSPS) is 12.1. The molecule has 0 radical (unpaired) electrons. The zero-order chi connectivity index (χ0) is 21.8. The van der Waals surface area contributed by atoms with E-state index in [1.54, 1.807) is 13.3 Å². The Kier molecular flexibility index (Phi) is 6.18. The lowest BCUT2D eigenvalue weighted by Gasteiger charge is -2.19. The molecule has 31 heavy (non-hydrogen) atoms. The summed E-state index contributed by atoms with van der Waals surface area (Å²) < 4.78 is 5.19. The number of pyridine rings is 1. The van der Waals surface area contributed by atoms with E-state index < -0.39 is 0 Å². The van der Waals surface area contributed by atoms with E-state index in [2.05, 4.69) is 25.5 Å². The van der Waals surface area contributed by atoms with Crippen LogP contribution in [0.25, 0.3) is 22.3 Å². The molecule has 1 amide bonds. The Labute approximate surface area is 184 Å². The number of H-pyrrole nitrogens is 1. The van der Waals surface area contributed by atoms with Crippen molar-refractivity contribution in [1.29, 1.82) is 0 Å². The highest BCUT2D eigenvalue weighted by Crippen LogP contribution is 2.30. The predicted molar refractivity (Wildman–Crippen MR) is 123 cm³/mol. The van der Waals surface area contributed by atoms with Gasteiger partial charge in [0.25, 0.3) is 0 Å². The molecule has 0 bridgehead atoms. The summed E-state index contributed by atoms with van der Waals surface area (Å²) in [4.78, 5) is 22.0. The second-order valence-corrected chi connectivity index (χ2v) is 8.45. The van der Waals surface area contributed by atoms with Crippen LogP contribution in [0.3, 0.4) is 0 Å². The number of fused-ring (bicyclic) bond motifs is 1. The molecule has 2 aromatic heterocycles. The van der Waals surface area contributed by atoms with E-state index in [-0.39, 0.29) is 17.1 Å². The van der Waals surface area contributed by atoms with Gasteiger partial charge in [-0.25, -0.2) is 4.98 Å². The lowest BCUT2D eigenvalue weighted by molar-refractivity contribution is -0.116. The minimum absolute atomic E-state index is 0.0843. The van der Waals surface area contributed by atoms with Gasteiger partial charge in [-0.3, -0.25) is 14.9 Å². The molecule has 2 heterocycles. The first-order chi connectivity index (χ1) is 15.0. The van der Waals surface area contributed by atoms with Crippen molar-refractivity contribution in [3.05, 3.63) is 60.8 Å². The molecule has 0 aliphatic rings. The molecule has 8 heteroatoms. The van der Waals surface area contributed by atoms with Crippen molar-refractivity contribution in [2.75, 3.05) is 12.4 Å². The molecule has 0 aliphatic carbocycles. The summed E-state index contributed by atoms with van der Waals surface area (Å²) in [6.07, 6.45) is 1.74. The summed E-state index contributed by atoms with van der Waals surface area (Å²) in [6.45, 7) is 4.03. The molecular weight excluding hydrogens is 410 g/mol. The first-order valence-electron chi connectivity index (χ1n) is 9.93. The first kappa shape index (κ1) is 20.9. The molecule has 0 aliphatic heterocycles. The number of aromatic amines is 1. The van der Waals surface area contributed by atoms with E-state index >= 15 is 0 Å². The van der Waals surface area contributed by atoms with Crippen LogP contribution in [0.4, 0.5) is 5.69 Å². The van der Waals surface area contributed by atoms with Crippen molar-refractivity contribution in [2.24, 2.45) is 5.92 Å². The molecule has 0 spiro atoms. The number of nitrogens with one attached hydrogen (secondary N) is 2. The van der Waals surface area contributed by atoms with E-state index in [9.17, 15) is 4.79 Å². The summed E-state index contributed by atoms with van der Waals surface area (Å²) in [6, 6.07) is 17.1. The summed E-state index contributed by atoms with van der Waals surface area (Å²) in [5, 5.41) is 11.4. The van der Waals surface area contributed by atoms with Gasteiger partial charge in [-0.2, -0.15) is 0 Å². The maximum Gasteiger partial charge on any atom is 0.238 e. The summed E-state index contributed by atoms with van der Waals surface area (Å²) in [5.74, 6) is 1.42. The van der Waals surface area contributed by atoms with Crippen LogP contribution in [-0.2, 0) is 4.79 Å². The largest absolute Gasteiger partial charge is 0.497 e. The lowest BCUT2D eigenvalue weighted by atomic mass is 10.1. The van der Waals surface area contributed by atoms with Crippen LogP contribution in [-0.4, -0.2) is 38.4 Å². The molecular formula is C23H23N5O2S. The lowest BCUT2D eigenvalue weighted by Crippen LogP contribution is -2.29. The Bertz CT molecular complexity index is 1180. The third kappa shape index (κ3) is 4.69. The Morgan fingerprint density at radius 2 is 1.90 bits per heavy atom. The third-order valence-electron chi connectivity index (χ3n) is 4.83. The number of methoxy groups -OCH3 is 1. The topological polar surface area (TPSA) is 92.8 Å². The van der Waals surface area contributed by atoms with Gasteiger partial charge in [0.2, 0.25) is 11.1 Å². The number of amides is 1. The van der Waals surface area contributed by atoms with E-state index in [4.69, 9.17) is 4.74 Å². The van der Waals surface area contributed by atoms with Gasteiger partial charge in [-0.1, -0.05) is 31.7 Å². The molecule has 7 nitrogen and oxygen atoms in total. The minimum atomic E-state index is -0.355. The van der Waals surface area contributed by atoms with Crippen LogP contribution in [0.5, 0.6) is 5.75 Å². The molecule has 4 rings (SSSR count). The highest BCUT2D eigenvalue weighted by molar-refractivity contribution is 8.00. The van der Waals surface area contributed by atoms with Crippen LogP contribution in [0.2, 0.25) is 0 Å². The van der Waals surface area contributed by atoms with Gasteiger partial charge in [0.1, 0.15) is 5.75 Å². The van der Waals surface area contributed by atoms with Crippen molar-refractivity contribution in [2.45, 2.75) is 24.3 Å². The fourth-order valence-electron chi connectivity index (χ4n) is 3.20. The van der Waals surface area contributed by atoms with Crippen molar-refractivity contribution in [3.8, 4) is 17.1 Å². The van der Waals surface area contributed by atoms with Gasteiger partial charge in [0.15, 0.2) is 5.82 Å². The quantitative estimate of drug-likeness (QED) is 0.407. The van der Waals surface area contributed by atoms with Gasteiger partial charge >= 0.3 is 0 Å². The minimum Gasteiger partial charge on any atom is -0.497 e. The standard InChI is InChI=1S/C23H23N5O2S/c1-14(2)20(22(29)25-19-8-4-7-18-17(19)6-5-13-24-18)31-23-26-21(27-28-23)15-9-11-16(30-3)12-10-15/h4-14,20H,1-3H3,(H,25,29)(H,26,27,28). The van der Waals surface area contributed by atoms with Gasteiger partial charge in [-0.05, 0) is 54.4 Å². The van der Waals surface area contributed by atoms with E-state index in [1.165, 1.54) is 11.8 Å². The maximum absolute atomic E-state index is 13.1. The highest BCUT2D eigenvalue weighted by atomic mass is 32.2. The summed E-state index contributed by atoms with van der Waals surface area (Å²) in [5.41, 5.74) is 2.48. The number of rotatable bonds is 7. The van der Waals surface area contributed by atoms with Crippen LogP contribution in [0.1, 0.15) is 13.8 Å². The number of hydrogen-bond donors (Lipinski definition) is 2. The Morgan fingerprint density at radius 1 is 1.10 bits per heavy atom. The van der Waals surface area contributed by atoms with Crippen molar-refractivity contribution < 1.29 is 9.53 Å². The molecule has 0 saturated heterocycles. The number of carbonyl (C=O) groups is 1. The Morgan fingerprint density at radius 3 is 2.65 bits per heavy atom. The number of benzene rings is 2. The predicted octanol–water partition coefficient (Wildman–Crippen LogP) is 4.78. The number of aromatic nitrogens is 4. The molecule has 158 valence electrons. The average Bonchev–Trinajstić information content (AvgIpc) is 3.26. The van der Waals surface area contributed by atoms with Gasteiger partial charge in [-0.15, -0.1) is 5.10 Å². The fraction of sp³-hybridized carbons (Fsp3) is 0.217.